The van der Waals surface area contributed by atoms with E-state index >= 15 is 0 Å². The molecule has 2 aliphatic heterocycles. The van der Waals surface area contributed by atoms with E-state index in [2.05, 4.69) is 0 Å². The largest absolute Gasteiger partial charge is 0.394 e. The molecular formula is C25H27FN2O3. The number of carbonyl (C=O) groups is 2. The predicted molar refractivity (Wildman–Crippen MR) is 115 cm³/mol. The van der Waals surface area contributed by atoms with Crippen molar-refractivity contribution in [1.29, 1.82) is 0 Å². The fourth-order valence-electron chi connectivity index (χ4n) is 5.72. The number of para-hydroxylation sites is 1. The van der Waals surface area contributed by atoms with Crippen LogP contribution in [0.5, 0.6) is 0 Å². The number of hydrogen-bond donors (Lipinski definition) is 1. The summed E-state index contributed by atoms with van der Waals surface area (Å²) in [7, 11) is 0. The molecule has 2 heterocycles. The molecule has 5 rings (SSSR count). The zero-order chi connectivity index (χ0) is 21.5. The topological polar surface area (TPSA) is 60.9 Å². The van der Waals surface area contributed by atoms with Crippen LogP contribution in [-0.2, 0) is 4.79 Å². The Labute approximate surface area is 181 Å². The van der Waals surface area contributed by atoms with Crippen LogP contribution in [0.2, 0.25) is 0 Å². The van der Waals surface area contributed by atoms with Crippen LogP contribution in [0.4, 0.5) is 10.1 Å². The highest BCUT2D eigenvalue weighted by Gasteiger charge is 2.56. The zero-order valence-corrected chi connectivity index (χ0v) is 17.4. The highest BCUT2D eigenvalue weighted by Crippen LogP contribution is 2.49. The Morgan fingerprint density at radius 1 is 1.03 bits per heavy atom. The summed E-state index contributed by atoms with van der Waals surface area (Å²) in [6, 6.07) is 13.0. The van der Waals surface area contributed by atoms with Gasteiger partial charge >= 0.3 is 0 Å². The number of amides is 2. The van der Waals surface area contributed by atoms with E-state index in [1.807, 2.05) is 29.2 Å². The molecule has 1 saturated carbocycles. The van der Waals surface area contributed by atoms with Gasteiger partial charge in [-0.05, 0) is 42.7 Å². The molecule has 1 saturated heterocycles. The Morgan fingerprint density at radius 2 is 1.81 bits per heavy atom. The molecule has 6 heteroatoms. The van der Waals surface area contributed by atoms with E-state index in [-0.39, 0.29) is 47.9 Å². The van der Waals surface area contributed by atoms with Crippen LogP contribution in [0.15, 0.2) is 48.5 Å². The van der Waals surface area contributed by atoms with E-state index in [1.165, 1.54) is 24.6 Å². The summed E-state index contributed by atoms with van der Waals surface area (Å²) in [5, 5.41) is 10.1. The fourth-order valence-corrected chi connectivity index (χ4v) is 5.72. The van der Waals surface area contributed by atoms with Crippen molar-refractivity contribution in [2.45, 2.75) is 50.1 Å². The Bertz CT molecular complexity index is 1000. The average Bonchev–Trinajstić information content (AvgIpc) is 2.79. The van der Waals surface area contributed by atoms with Crippen molar-refractivity contribution in [2.24, 2.45) is 5.92 Å². The molecule has 1 aliphatic carbocycles. The Hall–Kier alpha value is -2.73. The van der Waals surface area contributed by atoms with Crippen LogP contribution in [0.25, 0.3) is 0 Å². The number of nitrogens with zero attached hydrogens (tertiary/aromatic N) is 2. The van der Waals surface area contributed by atoms with Gasteiger partial charge in [0, 0.05) is 29.6 Å². The second kappa shape index (κ2) is 8.08. The van der Waals surface area contributed by atoms with Crippen LogP contribution >= 0.6 is 0 Å². The minimum absolute atomic E-state index is 0.00491. The third-order valence-corrected chi connectivity index (χ3v) is 7.21. The average molecular weight is 423 g/mol. The summed E-state index contributed by atoms with van der Waals surface area (Å²) >= 11 is 0. The third-order valence-electron chi connectivity index (χ3n) is 7.21. The summed E-state index contributed by atoms with van der Waals surface area (Å²) < 4.78 is 13.8. The van der Waals surface area contributed by atoms with Crippen molar-refractivity contribution in [1.82, 2.24) is 4.90 Å². The number of benzene rings is 2. The lowest BCUT2D eigenvalue weighted by molar-refractivity contribution is -0.156. The molecule has 31 heavy (non-hydrogen) atoms. The molecule has 3 atom stereocenters. The summed E-state index contributed by atoms with van der Waals surface area (Å²) in [6.45, 7) is 0.262. The van der Waals surface area contributed by atoms with Crippen LogP contribution in [0.3, 0.4) is 0 Å². The number of aliphatic hydroxyl groups is 1. The van der Waals surface area contributed by atoms with Crippen LogP contribution in [-0.4, -0.2) is 47.1 Å². The lowest BCUT2D eigenvalue weighted by Gasteiger charge is -2.59. The lowest BCUT2D eigenvalue weighted by atomic mass is 9.70. The van der Waals surface area contributed by atoms with Gasteiger partial charge in [0.2, 0.25) is 5.91 Å². The maximum Gasteiger partial charge on any atom is 0.258 e. The summed E-state index contributed by atoms with van der Waals surface area (Å²) in [5.41, 5.74) is 2.04. The Morgan fingerprint density at radius 3 is 2.55 bits per heavy atom. The maximum atomic E-state index is 13.8. The summed E-state index contributed by atoms with van der Waals surface area (Å²) in [4.78, 5) is 30.2. The van der Waals surface area contributed by atoms with Gasteiger partial charge in [0.05, 0.1) is 18.7 Å². The Balaban J connectivity index is 1.49. The molecule has 0 radical (unpaired) electrons. The van der Waals surface area contributed by atoms with E-state index in [1.54, 1.807) is 11.0 Å². The number of rotatable bonds is 3. The van der Waals surface area contributed by atoms with Crippen molar-refractivity contribution in [3.8, 4) is 0 Å². The first-order valence-corrected chi connectivity index (χ1v) is 11.2. The second-order valence-electron chi connectivity index (χ2n) is 8.91. The first kappa shape index (κ1) is 20.2. The van der Waals surface area contributed by atoms with Crippen molar-refractivity contribution in [3.63, 3.8) is 0 Å². The highest BCUT2D eigenvalue weighted by molar-refractivity contribution is 6.07. The molecule has 2 fully saturated rings. The number of aliphatic hydroxyl groups excluding tert-OH is 1. The van der Waals surface area contributed by atoms with E-state index < -0.39 is 5.82 Å². The highest BCUT2D eigenvalue weighted by atomic mass is 19.1. The van der Waals surface area contributed by atoms with E-state index in [0.717, 1.165) is 36.9 Å². The van der Waals surface area contributed by atoms with Gasteiger partial charge in [0.1, 0.15) is 5.82 Å². The first-order valence-electron chi connectivity index (χ1n) is 11.2. The summed E-state index contributed by atoms with van der Waals surface area (Å²) in [6.07, 6.45) is 5.09. The fraction of sp³-hybridized carbons (Fsp3) is 0.440. The van der Waals surface area contributed by atoms with Crippen molar-refractivity contribution >= 4 is 17.5 Å². The molecular weight excluding hydrogens is 395 g/mol. The van der Waals surface area contributed by atoms with Gasteiger partial charge in [-0.3, -0.25) is 9.59 Å². The standard InChI is InChI=1S/C25H27FN2O3/c26-18-10-6-9-17(13-18)24(30)27-14-21-23(19-11-4-5-12-20(19)27)22(15-29)28(21)25(31)16-7-2-1-3-8-16/h4-6,9-13,16,21-23,29H,1-3,7-8,14-15H2/t21-,22-,23+/m0/s1. The van der Waals surface area contributed by atoms with Gasteiger partial charge in [-0.15, -0.1) is 0 Å². The van der Waals surface area contributed by atoms with E-state index in [4.69, 9.17) is 0 Å². The normalized spacial score (nSPS) is 25.4. The van der Waals surface area contributed by atoms with Gasteiger partial charge in [0.15, 0.2) is 0 Å². The van der Waals surface area contributed by atoms with Gasteiger partial charge < -0.3 is 14.9 Å². The van der Waals surface area contributed by atoms with Crippen LogP contribution < -0.4 is 4.90 Å². The monoisotopic (exact) mass is 422 g/mol. The number of likely N-dealkylation sites (tertiary alicyclic amines) is 1. The second-order valence-corrected chi connectivity index (χ2v) is 8.91. The number of carbonyl (C=O) groups excluding carboxylic acids is 2. The first-order chi connectivity index (χ1) is 15.1. The third kappa shape index (κ3) is 3.33. The van der Waals surface area contributed by atoms with E-state index in [0.29, 0.717) is 6.54 Å². The molecule has 2 aromatic rings. The van der Waals surface area contributed by atoms with Gasteiger partial charge in [-0.2, -0.15) is 0 Å². The quantitative estimate of drug-likeness (QED) is 0.820. The van der Waals surface area contributed by atoms with E-state index in [9.17, 15) is 19.1 Å². The van der Waals surface area contributed by atoms with Crippen molar-refractivity contribution in [3.05, 3.63) is 65.5 Å². The SMILES string of the molecule is O=C(c1cccc(F)c1)N1C[C@H]2[C@@H](c3ccccc31)[C@H](CO)N2C(=O)C1CCCCC1. The number of fused-ring (bicyclic) bond motifs is 3. The Kier molecular flexibility index (Phi) is 5.26. The minimum atomic E-state index is -0.452. The molecule has 5 nitrogen and oxygen atoms in total. The molecule has 3 aliphatic rings. The molecule has 0 aromatic heterocycles. The molecule has 162 valence electrons. The molecule has 0 bridgehead atoms. The molecule has 2 aromatic carbocycles. The number of hydrogen-bond acceptors (Lipinski definition) is 3. The van der Waals surface area contributed by atoms with Gasteiger partial charge in [-0.1, -0.05) is 43.5 Å². The minimum Gasteiger partial charge on any atom is -0.394 e. The van der Waals surface area contributed by atoms with Gasteiger partial charge in [0.25, 0.3) is 5.91 Å². The maximum absolute atomic E-state index is 13.8. The molecule has 0 unspecified atom stereocenters. The smallest absolute Gasteiger partial charge is 0.258 e. The summed E-state index contributed by atoms with van der Waals surface area (Å²) in [5.74, 6) is -0.605. The van der Waals surface area contributed by atoms with Crippen molar-refractivity contribution < 1.29 is 19.1 Å². The molecule has 1 N–H and O–H groups in total. The zero-order valence-electron chi connectivity index (χ0n) is 17.4. The van der Waals surface area contributed by atoms with Crippen LogP contribution in [0, 0.1) is 11.7 Å². The number of anilines is 1. The molecule has 2 amide bonds. The van der Waals surface area contributed by atoms with Gasteiger partial charge in [-0.25, -0.2) is 4.39 Å². The van der Waals surface area contributed by atoms with Crippen LogP contribution in [0.1, 0.15) is 53.9 Å². The number of halogens is 1. The molecule has 0 spiro atoms. The predicted octanol–water partition coefficient (Wildman–Crippen LogP) is 3.72. The lowest BCUT2D eigenvalue weighted by Crippen LogP contribution is -2.71. The van der Waals surface area contributed by atoms with Crippen molar-refractivity contribution in [2.75, 3.05) is 18.1 Å².